The summed E-state index contributed by atoms with van der Waals surface area (Å²) in [5.74, 6) is -1.92. The lowest BCUT2D eigenvalue weighted by molar-refractivity contribution is -0.151. The maximum Gasteiger partial charge on any atom is 0.343 e. The molecule has 1 heterocycles. The number of nitrogens with two attached hydrogens (primary N) is 2. The number of carboxylic acids is 1. The minimum atomic E-state index is -1.06. The van der Waals surface area contributed by atoms with Crippen molar-refractivity contribution in [3.05, 3.63) is 94.0 Å². The van der Waals surface area contributed by atoms with Crippen molar-refractivity contribution in [1.29, 1.82) is 0 Å². The number of carbonyl (C=O) groups excluding carboxylic acids is 2. The van der Waals surface area contributed by atoms with Crippen molar-refractivity contribution in [1.82, 2.24) is 4.90 Å². The van der Waals surface area contributed by atoms with Crippen LogP contribution < -0.4 is 16.2 Å². The van der Waals surface area contributed by atoms with E-state index in [1.165, 1.54) is 29.2 Å². The predicted molar refractivity (Wildman–Crippen MR) is 134 cm³/mol. The molecule has 0 aliphatic carbocycles. The molecule has 5 N–H and O–H groups in total. The molecule has 0 bridgehead atoms. The molecule has 0 saturated carbocycles. The first-order chi connectivity index (χ1) is 17.2. The van der Waals surface area contributed by atoms with E-state index in [0.717, 1.165) is 11.1 Å². The number of hydrogen-bond acceptors (Lipinski definition) is 5. The number of aliphatic imine (C=N–C) groups is 1. The summed E-state index contributed by atoms with van der Waals surface area (Å²) in [6.07, 6.45) is 0.151. The van der Waals surface area contributed by atoms with Gasteiger partial charge in [0.1, 0.15) is 11.8 Å². The van der Waals surface area contributed by atoms with Gasteiger partial charge in [0.25, 0.3) is 0 Å². The number of carboxylic acid groups (broad SMARTS) is 1. The fourth-order valence-electron chi connectivity index (χ4n) is 3.99. The molecule has 0 unspecified atom stereocenters. The number of benzene rings is 3. The van der Waals surface area contributed by atoms with E-state index in [2.05, 4.69) is 4.99 Å². The van der Waals surface area contributed by atoms with Crippen LogP contribution in [0.4, 0.5) is 5.69 Å². The number of amides is 1. The van der Waals surface area contributed by atoms with Gasteiger partial charge in [-0.05, 0) is 53.1 Å². The van der Waals surface area contributed by atoms with Crippen molar-refractivity contribution in [2.45, 2.75) is 25.4 Å². The van der Waals surface area contributed by atoms with E-state index in [9.17, 15) is 19.5 Å². The van der Waals surface area contributed by atoms with Crippen molar-refractivity contribution >= 4 is 41.1 Å². The maximum absolute atomic E-state index is 13.1. The van der Waals surface area contributed by atoms with Crippen LogP contribution in [0.3, 0.4) is 0 Å². The fourth-order valence-corrected chi connectivity index (χ4v) is 4.23. The largest absolute Gasteiger partial charge is 0.480 e. The topological polar surface area (TPSA) is 148 Å². The van der Waals surface area contributed by atoms with Gasteiger partial charge in [0.15, 0.2) is 5.96 Å². The molecule has 1 atom stereocenters. The van der Waals surface area contributed by atoms with Crippen molar-refractivity contribution in [3.8, 4) is 5.75 Å². The van der Waals surface area contributed by atoms with Crippen molar-refractivity contribution < 1.29 is 24.2 Å². The Labute approximate surface area is 211 Å². The zero-order valence-electron chi connectivity index (χ0n) is 19.1. The Morgan fingerprint density at radius 1 is 1.03 bits per heavy atom. The molecule has 3 aromatic carbocycles. The highest BCUT2D eigenvalue weighted by atomic mass is 35.5. The van der Waals surface area contributed by atoms with E-state index in [1.807, 2.05) is 24.3 Å². The third kappa shape index (κ3) is 5.64. The molecule has 4 rings (SSSR count). The van der Waals surface area contributed by atoms with E-state index in [0.29, 0.717) is 11.3 Å². The fraction of sp³-hybridized carbons (Fsp3) is 0.154. The molecule has 1 aliphatic heterocycles. The number of guanidine groups is 1. The lowest BCUT2D eigenvalue weighted by atomic mass is 9.93. The summed E-state index contributed by atoms with van der Waals surface area (Å²) >= 11 is 6.37. The Bertz CT molecular complexity index is 1350. The molecular formula is C26H23ClN4O5. The second-order valence-electron chi connectivity index (χ2n) is 8.25. The van der Waals surface area contributed by atoms with Crippen LogP contribution >= 0.6 is 11.6 Å². The van der Waals surface area contributed by atoms with Crippen molar-refractivity contribution in [2.24, 2.45) is 16.5 Å². The average Bonchev–Trinajstić information content (AvgIpc) is 2.84. The Kier molecular flexibility index (Phi) is 7.21. The Morgan fingerprint density at radius 3 is 2.36 bits per heavy atom. The minimum absolute atomic E-state index is 0.0920. The zero-order valence-corrected chi connectivity index (χ0v) is 19.8. The van der Waals surface area contributed by atoms with Gasteiger partial charge in [0.05, 0.1) is 17.7 Å². The smallest absolute Gasteiger partial charge is 0.343 e. The van der Waals surface area contributed by atoms with Gasteiger partial charge in [-0.2, -0.15) is 0 Å². The molecule has 3 aromatic rings. The minimum Gasteiger partial charge on any atom is -0.480 e. The average molecular weight is 507 g/mol. The highest BCUT2D eigenvalue weighted by molar-refractivity contribution is 6.31. The van der Waals surface area contributed by atoms with Crippen LogP contribution in [-0.4, -0.2) is 39.9 Å². The van der Waals surface area contributed by atoms with E-state index < -0.39 is 18.0 Å². The summed E-state index contributed by atoms with van der Waals surface area (Å²) in [7, 11) is 0. The summed E-state index contributed by atoms with van der Waals surface area (Å²) in [6.45, 7) is 0.210. The van der Waals surface area contributed by atoms with Gasteiger partial charge >= 0.3 is 11.9 Å². The van der Waals surface area contributed by atoms with Crippen molar-refractivity contribution in [3.63, 3.8) is 0 Å². The van der Waals surface area contributed by atoms with Gasteiger partial charge < -0.3 is 26.2 Å². The molecule has 0 aromatic heterocycles. The lowest BCUT2D eigenvalue weighted by Gasteiger charge is -2.34. The van der Waals surface area contributed by atoms with Gasteiger partial charge in [-0.1, -0.05) is 41.9 Å². The SMILES string of the molecule is NC(N)=Nc1ccc(C(=O)Oc2ccc(CC(=O)N3Cc4ccccc4C[C@H]3C(=O)O)c(Cl)c2)cc1. The summed E-state index contributed by atoms with van der Waals surface area (Å²) in [6, 6.07) is 17.3. The summed E-state index contributed by atoms with van der Waals surface area (Å²) in [5, 5.41) is 9.91. The van der Waals surface area contributed by atoms with Crippen LogP contribution in [-0.2, 0) is 29.0 Å². The lowest BCUT2D eigenvalue weighted by Crippen LogP contribution is -2.49. The second kappa shape index (κ2) is 10.5. The number of halogens is 1. The summed E-state index contributed by atoms with van der Waals surface area (Å²) < 4.78 is 5.38. The maximum atomic E-state index is 13.1. The van der Waals surface area contributed by atoms with Gasteiger partial charge in [-0.15, -0.1) is 0 Å². The van der Waals surface area contributed by atoms with Crippen LogP contribution in [0.15, 0.2) is 71.7 Å². The first kappa shape index (κ1) is 24.7. The number of hydrogen-bond donors (Lipinski definition) is 3. The highest BCUT2D eigenvalue weighted by Gasteiger charge is 2.34. The van der Waals surface area contributed by atoms with Crippen LogP contribution in [0.2, 0.25) is 5.02 Å². The molecule has 10 heteroatoms. The standard InChI is InChI=1S/C26H23ClN4O5/c27-21-13-20(36-25(35)15-5-8-19(9-6-15)30-26(28)29)10-7-17(21)12-23(32)31-14-18-4-2-1-3-16(18)11-22(31)24(33)34/h1-10,13,22H,11-12,14H2,(H,33,34)(H4,28,29,30)/t22-/m0/s1. The number of ether oxygens (including phenoxy) is 1. The number of esters is 1. The molecule has 0 spiro atoms. The Hall–Kier alpha value is -4.37. The molecule has 9 nitrogen and oxygen atoms in total. The predicted octanol–water partition coefficient (Wildman–Crippen LogP) is 3.04. The molecule has 0 fully saturated rings. The molecule has 0 radical (unpaired) electrons. The molecule has 0 saturated heterocycles. The normalized spacial score (nSPS) is 14.5. The molecular weight excluding hydrogens is 484 g/mol. The first-order valence-corrected chi connectivity index (χ1v) is 11.4. The highest BCUT2D eigenvalue weighted by Crippen LogP contribution is 2.27. The molecule has 184 valence electrons. The van der Waals surface area contributed by atoms with Gasteiger partial charge in [-0.25, -0.2) is 14.6 Å². The Morgan fingerprint density at radius 2 is 1.72 bits per heavy atom. The van der Waals surface area contributed by atoms with E-state index in [1.54, 1.807) is 18.2 Å². The van der Waals surface area contributed by atoms with Crippen LogP contribution in [0.5, 0.6) is 5.75 Å². The second-order valence-corrected chi connectivity index (χ2v) is 8.66. The number of fused-ring (bicyclic) bond motifs is 1. The summed E-state index contributed by atoms with van der Waals surface area (Å²) in [4.78, 5) is 42.6. The van der Waals surface area contributed by atoms with E-state index in [-0.39, 0.29) is 47.6 Å². The number of carbonyl (C=O) groups is 3. The third-order valence-corrected chi connectivity index (χ3v) is 6.14. The number of aliphatic carboxylic acids is 1. The first-order valence-electron chi connectivity index (χ1n) is 11.0. The Balaban J connectivity index is 1.44. The molecule has 1 aliphatic rings. The van der Waals surface area contributed by atoms with Gasteiger partial charge in [-0.3, -0.25) is 4.79 Å². The van der Waals surface area contributed by atoms with E-state index >= 15 is 0 Å². The van der Waals surface area contributed by atoms with Crippen molar-refractivity contribution in [2.75, 3.05) is 0 Å². The monoisotopic (exact) mass is 506 g/mol. The van der Waals surface area contributed by atoms with Crippen LogP contribution in [0.1, 0.15) is 27.0 Å². The third-order valence-electron chi connectivity index (χ3n) is 5.79. The summed E-state index contributed by atoms with van der Waals surface area (Å²) in [5.41, 5.74) is 13.8. The van der Waals surface area contributed by atoms with E-state index in [4.69, 9.17) is 27.8 Å². The molecule has 36 heavy (non-hydrogen) atoms. The van der Waals surface area contributed by atoms with Gasteiger partial charge in [0, 0.05) is 18.0 Å². The van der Waals surface area contributed by atoms with Gasteiger partial charge in [0.2, 0.25) is 5.91 Å². The molecule has 1 amide bonds. The van der Waals surface area contributed by atoms with Crippen LogP contribution in [0, 0.1) is 0 Å². The van der Waals surface area contributed by atoms with Crippen LogP contribution in [0.25, 0.3) is 0 Å². The zero-order chi connectivity index (χ0) is 25.8. The number of nitrogens with zero attached hydrogens (tertiary/aromatic N) is 2. The quantitative estimate of drug-likeness (QED) is 0.201. The number of rotatable bonds is 6.